The zero-order valence-corrected chi connectivity index (χ0v) is 10.7. The van der Waals surface area contributed by atoms with E-state index < -0.39 is 0 Å². The van der Waals surface area contributed by atoms with Gasteiger partial charge in [-0.15, -0.1) is 0 Å². The van der Waals surface area contributed by atoms with Crippen molar-refractivity contribution in [3.63, 3.8) is 0 Å². The molecule has 3 heteroatoms. The van der Waals surface area contributed by atoms with Gasteiger partial charge in [-0.2, -0.15) is 0 Å². The summed E-state index contributed by atoms with van der Waals surface area (Å²) in [5.41, 5.74) is 1.90. The third-order valence-electron chi connectivity index (χ3n) is 3.95. The van der Waals surface area contributed by atoms with Crippen LogP contribution in [0.25, 0.3) is 21.9 Å². The minimum atomic E-state index is 0.417. The quantitative estimate of drug-likeness (QED) is 0.721. The molecule has 3 aromatic rings. The summed E-state index contributed by atoms with van der Waals surface area (Å²) in [6.45, 7) is 2.09. The smallest absolute Gasteiger partial charge is 0.199 e. The Labute approximate surface area is 111 Å². The Morgan fingerprint density at radius 3 is 3.00 bits per heavy atom. The number of nitrogens with one attached hydrogen (secondary N) is 1. The number of hydrogen-bond donors (Lipinski definition) is 1. The fourth-order valence-corrected chi connectivity index (χ4v) is 2.92. The molecule has 3 nitrogen and oxygen atoms in total. The molecule has 19 heavy (non-hydrogen) atoms. The molecule has 1 fully saturated rings. The van der Waals surface area contributed by atoms with E-state index in [4.69, 9.17) is 9.40 Å². The normalized spacial score (nSPS) is 20.1. The van der Waals surface area contributed by atoms with Gasteiger partial charge in [0, 0.05) is 17.8 Å². The molecule has 4 rings (SSSR count). The SMILES string of the molecule is c1ccc2c(c1)ccc1oc(C3CCCNC3)nc12. The highest BCUT2D eigenvalue weighted by atomic mass is 16.3. The second-order valence-corrected chi connectivity index (χ2v) is 5.23. The van der Waals surface area contributed by atoms with Crippen LogP contribution in [0, 0.1) is 0 Å². The molecule has 2 heterocycles. The summed E-state index contributed by atoms with van der Waals surface area (Å²) in [4.78, 5) is 4.76. The lowest BCUT2D eigenvalue weighted by Crippen LogP contribution is -2.28. The second kappa shape index (κ2) is 4.35. The summed E-state index contributed by atoms with van der Waals surface area (Å²) in [5, 5.41) is 5.81. The number of benzene rings is 2. The first-order chi connectivity index (χ1) is 9.42. The Morgan fingerprint density at radius 1 is 1.16 bits per heavy atom. The molecule has 0 bridgehead atoms. The standard InChI is InChI=1S/C16H16N2O/c1-2-6-13-11(4-1)7-8-14-15(13)18-16(19-14)12-5-3-9-17-10-12/h1-2,4,6-8,12,17H,3,5,9-10H2. The van der Waals surface area contributed by atoms with E-state index in [0.29, 0.717) is 5.92 Å². The van der Waals surface area contributed by atoms with Crippen molar-refractivity contribution in [1.82, 2.24) is 10.3 Å². The molecule has 0 amide bonds. The Balaban J connectivity index is 1.88. The molecule has 1 aromatic heterocycles. The second-order valence-electron chi connectivity index (χ2n) is 5.23. The van der Waals surface area contributed by atoms with Gasteiger partial charge in [0.05, 0.1) is 0 Å². The molecule has 1 N–H and O–H groups in total. The summed E-state index contributed by atoms with van der Waals surface area (Å²) < 4.78 is 5.96. The number of nitrogens with zero attached hydrogens (tertiary/aromatic N) is 1. The van der Waals surface area contributed by atoms with Gasteiger partial charge < -0.3 is 9.73 Å². The van der Waals surface area contributed by atoms with Crippen molar-refractivity contribution < 1.29 is 4.42 Å². The molecule has 1 unspecified atom stereocenters. The molecule has 1 aliphatic rings. The topological polar surface area (TPSA) is 38.1 Å². The molecule has 2 aromatic carbocycles. The van der Waals surface area contributed by atoms with Gasteiger partial charge in [-0.3, -0.25) is 0 Å². The van der Waals surface area contributed by atoms with Crippen molar-refractivity contribution in [3.05, 3.63) is 42.3 Å². The summed E-state index contributed by atoms with van der Waals surface area (Å²) in [6.07, 6.45) is 2.36. The van der Waals surface area contributed by atoms with Gasteiger partial charge in [0.2, 0.25) is 0 Å². The van der Waals surface area contributed by atoms with E-state index in [9.17, 15) is 0 Å². The first kappa shape index (κ1) is 11.0. The van der Waals surface area contributed by atoms with E-state index >= 15 is 0 Å². The van der Waals surface area contributed by atoms with Crippen LogP contribution < -0.4 is 5.32 Å². The average Bonchev–Trinajstić information content (AvgIpc) is 2.93. The summed E-state index contributed by atoms with van der Waals surface area (Å²) >= 11 is 0. The summed E-state index contributed by atoms with van der Waals surface area (Å²) in [5.74, 6) is 1.30. The van der Waals surface area contributed by atoms with Crippen molar-refractivity contribution in [2.24, 2.45) is 0 Å². The molecule has 96 valence electrons. The highest BCUT2D eigenvalue weighted by Crippen LogP contribution is 2.30. The molecular formula is C16H16N2O. The van der Waals surface area contributed by atoms with Crippen LogP contribution in [-0.2, 0) is 0 Å². The Morgan fingerprint density at radius 2 is 2.11 bits per heavy atom. The van der Waals surface area contributed by atoms with Crippen LogP contribution in [0.2, 0.25) is 0 Å². The number of oxazole rings is 1. The minimum Gasteiger partial charge on any atom is -0.440 e. The third-order valence-corrected chi connectivity index (χ3v) is 3.95. The lowest BCUT2D eigenvalue weighted by atomic mass is 10.00. The van der Waals surface area contributed by atoms with E-state index in [0.717, 1.165) is 36.5 Å². The average molecular weight is 252 g/mol. The van der Waals surface area contributed by atoms with Crippen LogP contribution in [0.3, 0.4) is 0 Å². The van der Waals surface area contributed by atoms with Crippen molar-refractivity contribution in [2.45, 2.75) is 18.8 Å². The van der Waals surface area contributed by atoms with E-state index in [-0.39, 0.29) is 0 Å². The van der Waals surface area contributed by atoms with E-state index in [1.807, 2.05) is 6.07 Å². The minimum absolute atomic E-state index is 0.417. The number of aromatic nitrogens is 1. The highest BCUT2D eigenvalue weighted by Gasteiger charge is 2.21. The van der Waals surface area contributed by atoms with Gasteiger partial charge in [-0.25, -0.2) is 4.98 Å². The Bertz CT molecular complexity index is 726. The van der Waals surface area contributed by atoms with E-state index in [1.165, 1.54) is 17.2 Å². The highest BCUT2D eigenvalue weighted by molar-refractivity contribution is 6.03. The third kappa shape index (κ3) is 1.81. The Kier molecular flexibility index (Phi) is 2.52. The first-order valence-corrected chi connectivity index (χ1v) is 6.91. The molecule has 1 saturated heterocycles. The van der Waals surface area contributed by atoms with Gasteiger partial charge in [-0.1, -0.05) is 30.3 Å². The summed E-state index contributed by atoms with van der Waals surface area (Å²) in [7, 11) is 0. The van der Waals surface area contributed by atoms with Crippen LogP contribution in [-0.4, -0.2) is 18.1 Å². The van der Waals surface area contributed by atoms with Crippen LogP contribution in [0.5, 0.6) is 0 Å². The van der Waals surface area contributed by atoms with Crippen molar-refractivity contribution in [3.8, 4) is 0 Å². The van der Waals surface area contributed by atoms with Crippen molar-refractivity contribution >= 4 is 21.9 Å². The lowest BCUT2D eigenvalue weighted by Gasteiger charge is -2.19. The predicted molar refractivity (Wildman–Crippen MR) is 76.4 cm³/mol. The maximum absolute atomic E-state index is 5.96. The molecule has 0 spiro atoms. The number of fused-ring (bicyclic) bond motifs is 3. The molecule has 0 saturated carbocycles. The number of rotatable bonds is 1. The first-order valence-electron chi connectivity index (χ1n) is 6.91. The van der Waals surface area contributed by atoms with Crippen LogP contribution in [0.1, 0.15) is 24.7 Å². The van der Waals surface area contributed by atoms with Crippen LogP contribution >= 0.6 is 0 Å². The zero-order valence-electron chi connectivity index (χ0n) is 10.7. The Hall–Kier alpha value is -1.87. The molecular weight excluding hydrogens is 236 g/mol. The molecule has 1 aliphatic heterocycles. The van der Waals surface area contributed by atoms with Crippen LogP contribution in [0.4, 0.5) is 0 Å². The summed E-state index contributed by atoms with van der Waals surface area (Å²) in [6, 6.07) is 12.5. The maximum Gasteiger partial charge on any atom is 0.199 e. The number of piperidine rings is 1. The molecule has 0 aliphatic carbocycles. The predicted octanol–water partition coefficient (Wildman–Crippen LogP) is 3.45. The van der Waals surface area contributed by atoms with Gasteiger partial charge in [-0.05, 0) is 30.8 Å². The van der Waals surface area contributed by atoms with Crippen LogP contribution in [0.15, 0.2) is 40.8 Å². The van der Waals surface area contributed by atoms with Gasteiger partial charge in [0.1, 0.15) is 5.52 Å². The fourth-order valence-electron chi connectivity index (χ4n) is 2.92. The zero-order chi connectivity index (χ0) is 12.7. The maximum atomic E-state index is 5.96. The number of hydrogen-bond acceptors (Lipinski definition) is 3. The van der Waals surface area contributed by atoms with E-state index in [2.05, 4.69) is 35.6 Å². The van der Waals surface area contributed by atoms with Gasteiger partial charge in [0.25, 0.3) is 0 Å². The van der Waals surface area contributed by atoms with Crippen molar-refractivity contribution in [2.75, 3.05) is 13.1 Å². The van der Waals surface area contributed by atoms with Gasteiger partial charge in [0.15, 0.2) is 11.5 Å². The molecule has 1 atom stereocenters. The van der Waals surface area contributed by atoms with Gasteiger partial charge >= 0.3 is 0 Å². The fraction of sp³-hybridized carbons (Fsp3) is 0.312. The largest absolute Gasteiger partial charge is 0.440 e. The van der Waals surface area contributed by atoms with Crippen molar-refractivity contribution in [1.29, 1.82) is 0 Å². The van der Waals surface area contributed by atoms with E-state index in [1.54, 1.807) is 0 Å². The lowest BCUT2D eigenvalue weighted by molar-refractivity contribution is 0.387. The molecule has 0 radical (unpaired) electrons. The monoisotopic (exact) mass is 252 g/mol.